The lowest BCUT2D eigenvalue weighted by Gasteiger charge is -2.18. The first-order valence-corrected chi connectivity index (χ1v) is 5.86. The third-order valence-electron chi connectivity index (χ3n) is 2.45. The van der Waals surface area contributed by atoms with Crippen LogP contribution in [-0.4, -0.2) is 32.2 Å². The Balaban J connectivity index is 3.20. The lowest BCUT2D eigenvalue weighted by molar-refractivity contribution is -0.393. The molecule has 0 fully saturated rings. The molecule has 0 aliphatic heterocycles. The fourth-order valence-electron chi connectivity index (χ4n) is 1.46. The van der Waals surface area contributed by atoms with Crippen LogP contribution in [0.4, 0.5) is 17.1 Å². The van der Waals surface area contributed by atoms with Crippen LogP contribution in [0, 0.1) is 20.2 Å². The molecule has 0 spiro atoms. The molecule has 0 heterocycles. The lowest BCUT2D eigenvalue weighted by Crippen LogP contribution is -2.36. The molecule has 1 aromatic rings. The molecule has 108 valence electrons. The molecule has 0 amide bonds. The van der Waals surface area contributed by atoms with Gasteiger partial charge in [-0.3, -0.25) is 20.2 Å². The van der Waals surface area contributed by atoms with Crippen molar-refractivity contribution in [2.45, 2.75) is 18.2 Å². The summed E-state index contributed by atoms with van der Waals surface area (Å²) in [6.45, 7) is 1.51. The monoisotopic (exact) mass is 301 g/mol. The van der Waals surface area contributed by atoms with Crippen LogP contribution in [0.15, 0.2) is 18.2 Å². The fourth-order valence-corrected chi connectivity index (χ4v) is 1.66. The van der Waals surface area contributed by atoms with E-state index in [1.165, 1.54) is 6.92 Å². The van der Waals surface area contributed by atoms with E-state index in [9.17, 15) is 25.0 Å². The summed E-state index contributed by atoms with van der Waals surface area (Å²) >= 11 is 3.98. The number of nitrogens with one attached hydrogen (secondary N) is 1. The minimum absolute atomic E-state index is 0.117. The first kappa shape index (κ1) is 15.7. The van der Waals surface area contributed by atoms with Crippen molar-refractivity contribution in [1.29, 1.82) is 0 Å². The number of nitro benzene ring substituents is 2. The highest BCUT2D eigenvalue weighted by atomic mass is 32.1. The number of hydrogen-bond acceptors (Lipinski definition) is 7. The van der Waals surface area contributed by atoms with Gasteiger partial charge >= 0.3 is 5.97 Å². The van der Waals surface area contributed by atoms with Gasteiger partial charge in [-0.15, -0.1) is 0 Å². The van der Waals surface area contributed by atoms with E-state index in [2.05, 4.69) is 17.9 Å². The Hall–Kier alpha value is -2.36. The van der Waals surface area contributed by atoms with E-state index in [1.807, 2.05) is 0 Å². The van der Waals surface area contributed by atoms with E-state index in [4.69, 9.17) is 5.11 Å². The highest BCUT2D eigenvalue weighted by Crippen LogP contribution is 2.30. The number of anilines is 1. The molecule has 0 aliphatic rings. The number of rotatable bonds is 6. The summed E-state index contributed by atoms with van der Waals surface area (Å²) in [6.07, 6.45) is 0. The molecule has 2 N–H and O–H groups in total. The third kappa shape index (κ3) is 3.57. The maximum Gasteiger partial charge on any atom is 0.327 e. The number of benzene rings is 1. The Morgan fingerprint density at radius 1 is 1.35 bits per heavy atom. The number of carboxylic acids is 1. The number of carboxylic acid groups (broad SMARTS) is 1. The number of carbonyl (C=O) groups is 1. The fraction of sp³-hybridized carbons (Fsp3) is 0.300. The summed E-state index contributed by atoms with van der Waals surface area (Å²) in [5.74, 6) is -1.24. The maximum atomic E-state index is 11.0. The Kier molecular flexibility index (Phi) is 4.86. The molecule has 20 heavy (non-hydrogen) atoms. The average Bonchev–Trinajstić information content (AvgIpc) is 2.34. The van der Waals surface area contributed by atoms with Crippen molar-refractivity contribution in [1.82, 2.24) is 0 Å². The molecule has 0 unspecified atom stereocenters. The maximum absolute atomic E-state index is 11.0. The summed E-state index contributed by atoms with van der Waals surface area (Å²) in [7, 11) is 0. The third-order valence-corrected chi connectivity index (χ3v) is 2.75. The highest BCUT2D eigenvalue weighted by molar-refractivity contribution is 7.81. The van der Waals surface area contributed by atoms with Crippen LogP contribution in [0.3, 0.4) is 0 Å². The molecule has 0 saturated heterocycles. The van der Waals surface area contributed by atoms with Crippen molar-refractivity contribution in [3.8, 4) is 0 Å². The number of nitrogens with zero attached hydrogens (tertiary/aromatic N) is 2. The molecule has 0 bridgehead atoms. The first-order chi connectivity index (χ1) is 9.23. The summed E-state index contributed by atoms with van der Waals surface area (Å²) in [4.78, 5) is 30.9. The topological polar surface area (TPSA) is 136 Å². The zero-order valence-electron chi connectivity index (χ0n) is 10.2. The molecule has 0 saturated carbocycles. The largest absolute Gasteiger partial charge is 0.480 e. The van der Waals surface area contributed by atoms with Gasteiger partial charge in [0.2, 0.25) is 0 Å². The second-order valence-corrected chi connectivity index (χ2v) is 4.73. The van der Waals surface area contributed by atoms with Gasteiger partial charge in [0.25, 0.3) is 11.4 Å². The van der Waals surface area contributed by atoms with Crippen LogP contribution in [-0.2, 0) is 4.79 Å². The standard InChI is InChI=1S/C10H11N3O6S/c1-5(20)9(10(14)15)11-7-3-2-6(12(16)17)4-8(7)13(18)19/h2-5,9,11,20H,1H3,(H,14,15)/t5-,9+/m0/s1. The van der Waals surface area contributed by atoms with Gasteiger partial charge in [-0.05, 0) is 6.07 Å². The average molecular weight is 301 g/mol. The molecule has 9 nitrogen and oxygen atoms in total. The van der Waals surface area contributed by atoms with E-state index in [1.54, 1.807) is 0 Å². The Labute approximate surface area is 118 Å². The minimum Gasteiger partial charge on any atom is -0.480 e. The zero-order valence-corrected chi connectivity index (χ0v) is 11.1. The highest BCUT2D eigenvalue weighted by Gasteiger charge is 2.26. The summed E-state index contributed by atoms with van der Waals surface area (Å²) in [5, 5.41) is 32.3. The number of hydrogen-bond donors (Lipinski definition) is 3. The van der Waals surface area contributed by atoms with Gasteiger partial charge in [-0.1, -0.05) is 6.92 Å². The van der Waals surface area contributed by atoms with E-state index in [0.717, 1.165) is 18.2 Å². The Morgan fingerprint density at radius 3 is 2.35 bits per heavy atom. The van der Waals surface area contributed by atoms with Gasteiger partial charge in [0, 0.05) is 11.3 Å². The van der Waals surface area contributed by atoms with Crippen LogP contribution >= 0.6 is 12.6 Å². The van der Waals surface area contributed by atoms with E-state index < -0.39 is 38.5 Å². The first-order valence-electron chi connectivity index (χ1n) is 5.34. The smallest absolute Gasteiger partial charge is 0.327 e. The van der Waals surface area contributed by atoms with Crippen molar-refractivity contribution < 1.29 is 19.7 Å². The second-order valence-electron chi connectivity index (χ2n) is 3.92. The van der Waals surface area contributed by atoms with Crippen molar-refractivity contribution in [2.75, 3.05) is 5.32 Å². The Bertz CT molecular complexity index is 562. The SMILES string of the molecule is C[C@H](S)[C@@H](Nc1ccc([N+](=O)[O-])cc1[N+](=O)[O-])C(=O)O. The predicted octanol–water partition coefficient (Wildman–Crippen LogP) is 1.69. The molecule has 1 rings (SSSR count). The van der Waals surface area contributed by atoms with Gasteiger partial charge in [-0.2, -0.15) is 12.6 Å². The molecule has 0 aromatic heterocycles. The molecule has 0 radical (unpaired) electrons. The van der Waals surface area contributed by atoms with Gasteiger partial charge in [0.05, 0.1) is 15.9 Å². The molecule has 1 aromatic carbocycles. The number of aliphatic carboxylic acids is 1. The van der Waals surface area contributed by atoms with Crippen LogP contribution in [0.25, 0.3) is 0 Å². The minimum atomic E-state index is -1.24. The zero-order chi connectivity index (χ0) is 15.4. The summed E-state index contributed by atoms with van der Waals surface area (Å²) in [5.41, 5.74) is -1.14. The van der Waals surface area contributed by atoms with Crippen molar-refractivity contribution in [3.05, 3.63) is 38.4 Å². The number of non-ortho nitro benzene ring substituents is 1. The van der Waals surface area contributed by atoms with E-state index >= 15 is 0 Å². The number of thiol groups is 1. The Morgan fingerprint density at radius 2 is 1.95 bits per heavy atom. The summed E-state index contributed by atoms with van der Waals surface area (Å²) < 4.78 is 0. The van der Waals surface area contributed by atoms with Crippen molar-refractivity contribution >= 4 is 35.7 Å². The van der Waals surface area contributed by atoms with Gasteiger partial charge in [0.15, 0.2) is 0 Å². The quantitative estimate of drug-likeness (QED) is 0.413. The van der Waals surface area contributed by atoms with Crippen LogP contribution in [0.5, 0.6) is 0 Å². The van der Waals surface area contributed by atoms with E-state index in [0.29, 0.717) is 0 Å². The van der Waals surface area contributed by atoms with Gasteiger partial charge in [0.1, 0.15) is 11.7 Å². The van der Waals surface area contributed by atoms with Gasteiger partial charge in [-0.25, -0.2) is 4.79 Å². The molecular weight excluding hydrogens is 290 g/mol. The van der Waals surface area contributed by atoms with E-state index in [-0.39, 0.29) is 5.69 Å². The van der Waals surface area contributed by atoms with Crippen molar-refractivity contribution in [3.63, 3.8) is 0 Å². The molecule has 0 aliphatic carbocycles. The molecule has 10 heteroatoms. The second kappa shape index (κ2) is 6.19. The predicted molar refractivity (Wildman–Crippen MR) is 73.2 cm³/mol. The normalized spacial score (nSPS) is 13.3. The van der Waals surface area contributed by atoms with Crippen LogP contribution in [0.1, 0.15) is 6.92 Å². The van der Waals surface area contributed by atoms with Gasteiger partial charge < -0.3 is 10.4 Å². The summed E-state index contributed by atoms with van der Waals surface area (Å²) in [6, 6.07) is 1.75. The lowest BCUT2D eigenvalue weighted by atomic mass is 10.2. The molecule has 2 atom stereocenters. The molecular formula is C10H11N3O6S. The van der Waals surface area contributed by atoms with Crippen LogP contribution in [0.2, 0.25) is 0 Å². The van der Waals surface area contributed by atoms with Crippen LogP contribution < -0.4 is 5.32 Å². The number of nitro groups is 2. The van der Waals surface area contributed by atoms with Crippen molar-refractivity contribution in [2.24, 2.45) is 0 Å².